The second-order valence-electron chi connectivity index (χ2n) is 6.04. The smallest absolute Gasteiger partial charge is 0.322 e. The highest BCUT2D eigenvalue weighted by Gasteiger charge is 2.30. The summed E-state index contributed by atoms with van der Waals surface area (Å²) in [6, 6.07) is 11.8. The highest BCUT2D eigenvalue weighted by atomic mass is 19.1. The average molecular weight is 328 g/mol. The lowest BCUT2D eigenvalue weighted by Gasteiger charge is -2.26. The number of hydrogen-bond acceptors (Lipinski definition) is 2. The first-order valence-corrected chi connectivity index (χ1v) is 8.06. The number of aryl methyl sites for hydroxylation is 1. The van der Waals surface area contributed by atoms with Crippen molar-refractivity contribution in [3.63, 3.8) is 0 Å². The topological polar surface area (TPSA) is 41.6 Å². The molecule has 1 aliphatic rings. The summed E-state index contributed by atoms with van der Waals surface area (Å²) in [6.45, 7) is 2.65. The standard InChI is InChI=1S/C19H21FN2O2/c1-13-5-10-18(24-2)16(12-13)21-19(23)22-11-3-4-17(22)14-6-8-15(20)9-7-14/h5-10,12,17H,3-4,11H2,1-2H3,(H,21,23). The second-order valence-corrected chi connectivity index (χ2v) is 6.04. The predicted molar refractivity (Wildman–Crippen MR) is 91.8 cm³/mol. The molecule has 4 nitrogen and oxygen atoms in total. The van der Waals surface area contributed by atoms with Crippen molar-refractivity contribution in [1.82, 2.24) is 4.90 Å². The van der Waals surface area contributed by atoms with Gasteiger partial charge in [0.2, 0.25) is 0 Å². The molecule has 1 unspecified atom stereocenters. The van der Waals surface area contributed by atoms with E-state index in [1.165, 1.54) is 12.1 Å². The van der Waals surface area contributed by atoms with Gasteiger partial charge in [-0.1, -0.05) is 18.2 Å². The fraction of sp³-hybridized carbons (Fsp3) is 0.316. The Kier molecular flexibility index (Phi) is 4.69. The number of methoxy groups -OCH3 is 1. The fourth-order valence-electron chi connectivity index (χ4n) is 3.15. The van der Waals surface area contributed by atoms with Gasteiger partial charge in [0.05, 0.1) is 18.8 Å². The summed E-state index contributed by atoms with van der Waals surface area (Å²) < 4.78 is 18.4. The molecule has 5 heteroatoms. The largest absolute Gasteiger partial charge is 0.495 e. The Balaban J connectivity index is 1.79. The number of rotatable bonds is 3. The van der Waals surface area contributed by atoms with Crippen LogP contribution in [0, 0.1) is 12.7 Å². The molecular weight excluding hydrogens is 307 g/mol. The van der Waals surface area contributed by atoms with Gasteiger partial charge in [0.15, 0.2) is 0 Å². The van der Waals surface area contributed by atoms with Crippen LogP contribution in [0.25, 0.3) is 0 Å². The number of halogens is 1. The van der Waals surface area contributed by atoms with E-state index in [2.05, 4.69) is 5.32 Å². The number of carbonyl (C=O) groups is 1. The van der Waals surface area contributed by atoms with E-state index in [-0.39, 0.29) is 17.9 Å². The van der Waals surface area contributed by atoms with Crippen LogP contribution >= 0.6 is 0 Å². The average Bonchev–Trinajstić information content (AvgIpc) is 3.05. The molecule has 0 aliphatic carbocycles. The molecule has 2 amide bonds. The van der Waals surface area contributed by atoms with E-state index in [1.54, 1.807) is 24.1 Å². The van der Waals surface area contributed by atoms with Gasteiger partial charge >= 0.3 is 6.03 Å². The molecule has 2 aromatic carbocycles. The van der Waals surface area contributed by atoms with Crippen LogP contribution in [-0.4, -0.2) is 24.6 Å². The Hall–Kier alpha value is -2.56. The molecule has 0 bridgehead atoms. The molecule has 0 spiro atoms. The number of hydrogen-bond donors (Lipinski definition) is 1. The van der Waals surface area contributed by atoms with Crippen LogP contribution in [0.4, 0.5) is 14.9 Å². The summed E-state index contributed by atoms with van der Waals surface area (Å²) in [5.74, 6) is 0.365. The van der Waals surface area contributed by atoms with Gasteiger partial charge < -0.3 is 15.0 Å². The highest BCUT2D eigenvalue weighted by molar-refractivity contribution is 5.91. The zero-order chi connectivity index (χ0) is 17.1. The van der Waals surface area contributed by atoms with Crippen LogP contribution in [0.3, 0.4) is 0 Å². The first kappa shape index (κ1) is 16.3. The van der Waals surface area contributed by atoms with Crippen molar-refractivity contribution < 1.29 is 13.9 Å². The Labute approximate surface area is 141 Å². The highest BCUT2D eigenvalue weighted by Crippen LogP contribution is 2.33. The van der Waals surface area contributed by atoms with Gasteiger partial charge in [0.1, 0.15) is 11.6 Å². The van der Waals surface area contributed by atoms with E-state index in [0.717, 1.165) is 24.0 Å². The molecule has 126 valence electrons. The van der Waals surface area contributed by atoms with Crippen LogP contribution in [0.5, 0.6) is 5.75 Å². The summed E-state index contributed by atoms with van der Waals surface area (Å²) in [7, 11) is 1.58. The van der Waals surface area contributed by atoms with Gasteiger partial charge in [-0.3, -0.25) is 0 Å². The van der Waals surface area contributed by atoms with Gasteiger partial charge in [0.25, 0.3) is 0 Å². The Morgan fingerprint density at radius 3 is 2.71 bits per heavy atom. The maximum Gasteiger partial charge on any atom is 0.322 e. The number of urea groups is 1. The maximum atomic E-state index is 13.1. The van der Waals surface area contributed by atoms with Crippen molar-refractivity contribution in [3.05, 3.63) is 59.4 Å². The number of benzene rings is 2. The van der Waals surface area contributed by atoms with Crippen molar-refractivity contribution in [1.29, 1.82) is 0 Å². The van der Waals surface area contributed by atoms with Crippen molar-refractivity contribution in [2.75, 3.05) is 19.0 Å². The Morgan fingerprint density at radius 2 is 2.00 bits per heavy atom. The fourth-order valence-corrected chi connectivity index (χ4v) is 3.15. The third-order valence-electron chi connectivity index (χ3n) is 4.37. The van der Waals surface area contributed by atoms with Crippen molar-refractivity contribution >= 4 is 11.7 Å². The van der Waals surface area contributed by atoms with E-state index in [9.17, 15) is 9.18 Å². The van der Waals surface area contributed by atoms with Crippen LogP contribution in [-0.2, 0) is 0 Å². The molecule has 1 aliphatic heterocycles. The first-order valence-electron chi connectivity index (χ1n) is 8.06. The Morgan fingerprint density at radius 1 is 1.25 bits per heavy atom. The maximum absolute atomic E-state index is 13.1. The normalized spacial score (nSPS) is 17.0. The van der Waals surface area contributed by atoms with Crippen molar-refractivity contribution in [3.8, 4) is 5.75 Å². The minimum atomic E-state index is -0.266. The van der Waals surface area contributed by atoms with Gasteiger partial charge in [-0.05, 0) is 55.2 Å². The van der Waals surface area contributed by atoms with Gasteiger partial charge in [0, 0.05) is 6.54 Å². The van der Waals surface area contributed by atoms with E-state index in [1.807, 2.05) is 25.1 Å². The summed E-state index contributed by atoms with van der Waals surface area (Å²) in [5, 5.41) is 2.94. The SMILES string of the molecule is COc1ccc(C)cc1NC(=O)N1CCCC1c1ccc(F)cc1. The Bertz CT molecular complexity index is 731. The number of carbonyl (C=O) groups excluding carboxylic acids is 1. The number of amides is 2. The minimum absolute atomic E-state index is 0.0265. The molecule has 3 rings (SSSR count). The summed E-state index contributed by atoms with van der Waals surface area (Å²) in [6.07, 6.45) is 1.81. The minimum Gasteiger partial charge on any atom is -0.495 e. The van der Waals surface area contributed by atoms with Crippen molar-refractivity contribution in [2.24, 2.45) is 0 Å². The monoisotopic (exact) mass is 328 g/mol. The molecular formula is C19H21FN2O2. The predicted octanol–water partition coefficient (Wildman–Crippen LogP) is 4.51. The lowest BCUT2D eigenvalue weighted by Crippen LogP contribution is -2.34. The molecule has 24 heavy (non-hydrogen) atoms. The lowest BCUT2D eigenvalue weighted by molar-refractivity contribution is 0.207. The van der Waals surface area contributed by atoms with Gasteiger partial charge in [-0.25, -0.2) is 9.18 Å². The van der Waals surface area contributed by atoms with E-state index < -0.39 is 0 Å². The quantitative estimate of drug-likeness (QED) is 0.900. The second kappa shape index (κ2) is 6.91. The zero-order valence-electron chi connectivity index (χ0n) is 13.9. The molecule has 1 fully saturated rings. The molecule has 1 heterocycles. The van der Waals surface area contributed by atoms with Gasteiger partial charge in [-0.15, -0.1) is 0 Å². The number of ether oxygens (including phenoxy) is 1. The summed E-state index contributed by atoms with van der Waals surface area (Å²) in [5.41, 5.74) is 2.66. The molecule has 1 saturated heterocycles. The van der Waals surface area contributed by atoms with E-state index in [0.29, 0.717) is 18.0 Å². The van der Waals surface area contributed by atoms with Gasteiger partial charge in [-0.2, -0.15) is 0 Å². The van der Waals surface area contributed by atoms with Crippen LogP contribution < -0.4 is 10.1 Å². The number of nitrogens with one attached hydrogen (secondary N) is 1. The third-order valence-corrected chi connectivity index (χ3v) is 4.37. The molecule has 0 saturated carbocycles. The molecule has 2 aromatic rings. The van der Waals surface area contributed by atoms with Crippen LogP contribution in [0.2, 0.25) is 0 Å². The lowest BCUT2D eigenvalue weighted by atomic mass is 10.0. The van der Waals surface area contributed by atoms with E-state index in [4.69, 9.17) is 4.74 Å². The molecule has 1 atom stereocenters. The van der Waals surface area contributed by atoms with Crippen LogP contribution in [0.1, 0.15) is 30.0 Å². The van der Waals surface area contributed by atoms with E-state index >= 15 is 0 Å². The summed E-state index contributed by atoms with van der Waals surface area (Å²) >= 11 is 0. The number of nitrogens with zero attached hydrogens (tertiary/aromatic N) is 1. The molecule has 0 radical (unpaired) electrons. The first-order chi connectivity index (χ1) is 11.6. The molecule has 1 N–H and O–H groups in total. The summed E-state index contributed by atoms with van der Waals surface area (Å²) in [4.78, 5) is 14.5. The number of anilines is 1. The van der Waals surface area contributed by atoms with Crippen molar-refractivity contribution in [2.45, 2.75) is 25.8 Å². The number of likely N-dealkylation sites (tertiary alicyclic amines) is 1. The third kappa shape index (κ3) is 3.35. The zero-order valence-corrected chi connectivity index (χ0v) is 13.9. The van der Waals surface area contributed by atoms with Crippen LogP contribution in [0.15, 0.2) is 42.5 Å². The molecule has 0 aromatic heterocycles.